The van der Waals surface area contributed by atoms with Crippen LogP contribution in [0.2, 0.25) is 0 Å². The van der Waals surface area contributed by atoms with Crippen LogP contribution in [0.25, 0.3) is 22.8 Å². The van der Waals surface area contributed by atoms with Crippen molar-refractivity contribution in [3.63, 3.8) is 0 Å². The Morgan fingerprint density at radius 2 is 1.89 bits per heavy atom. The van der Waals surface area contributed by atoms with Gasteiger partial charge >= 0.3 is 0 Å². The van der Waals surface area contributed by atoms with Gasteiger partial charge in [-0.2, -0.15) is 5.10 Å². The molecule has 2 aromatic carbocycles. The zero-order valence-electron chi connectivity index (χ0n) is 15.5. The lowest BCUT2D eigenvalue weighted by Gasteiger charge is -2.11. The van der Waals surface area contributed by atoms with Gasteiger partial charge in [-0.3, -0.25) is 9.89 Å². The molecule has 1 aliphatic heterocycles. The number of amides is 1. The molecule has 6 nitrogen and oxygen atoms in total. The third kappa shape index (κ3) is 4.77. The molecular weight excluding hydrogens is 374 g/mol. The molecule has 3 aromatic rings. The number of halogens is 1. The Bertz CT molecular complexity index is 906. The highest BCUT2D eigenvalue weighted by molar-refractivity contribution is 5.94. The van der Waals surface area contributed by atoms with Gasteiger partial charge in [-0.1, -0.05) is 42.5 Å². The summed E-state index contributed by atoms with van der Waals surface area (Å²) < 4.78 is 0. The fraction of sp³-hybridized carbons (Fsp3) is 0.286. The minimum atomic E-state index is 0. The van der Waals surface area contributed by atoms with Crippen LogP contribution in [0.3, 0.4) is 0 Å². The first-order valence-corrected chi connectivity index (χ1v) is 9.37. The number of hydrogen-bond acceptors (Lipinski definition) is 4. The van der Waals surface area contributed by atoms with Crippen LogP contribution < -0.4 is 10.6 Å². The second kappa shape index (κ2) is 9.48. The maximum absolute atomic E-state index is 12.4. The lowest BCUT2D eigenvalue weighted by Crippen LogP contribution is -2.15. The van der Waals surface area contributed by atoms with Crippen LogP contribution in [0.1, 0.15) is 19.3 Å². The molecule has 1 aliphatic rings. The largest absolute Gasteiger partial charge is 0.325 e. The number of nitrogens with zero attached hydrogens (tertiary/aromatic N) is 2. The molecule has 1 aromatic heterocycles. The first kappa shape index (κ1) is 20.0. The molecule has 1 fully saturated rings. The van der Waals surface area contributed by atoms with Crippen molar-refractivity contribution in [2.75, 3.05) is 18.4 Å². The van der Waals surface area contributed by atoms with Gasteiger partial charge in [0.1, 0.15) is 0 Å². The number of carbonyl (C=O) groups is 1. The number of carbonyl (C=O) groups excluding carboxylic acids is 1. The van der Waals surface area contributed by atoms with Crippen molar-refractivity contribution in [3.05, 3.63) is 54.6 Å². The maximum atomic E-state index is 12.4. The van der Waals surface area contributed by atoms with E-state index in [0.29, 0.717) is 24.0 Å². The van der Waals surface area contributed by atoms with E-state index in [0.717, 1.165) is 42.7 Å². The van der Waals surface area contributed by atoms with E-state index in [4.69, 9.17) is 0 Å². The predicted molar refractivity (Wildman–Crippen MR) is 113 cm³/mol. The lowest BCUT2D eigenvalue weighted by molar-refractivity contribution is -0.116. The SMILES string of the molecule is Cl.O=C(CCC1CCNC1)Nc1ccccc1-c1nc(-c2ccccc2)n[nH]1. The first-order chi connectivity index (χ1) is 13.3. The Morgan fingerprint density at radius 1 is 1.11 bits per heavy atom. The predicted octanol–water partition coefficient (Wildman–Crippen LogP) is 3.89. The second-order valence-corrected chi connectivity index (χ2v) is 6.86. The van der Waals surface area contributed by atoms with Crippen molar-refractivity contribution in [1.82, 2.24) is 20.5 Å². The van der Waals surface area contributed by atoms with Gasteiger partial charge < -0.3 is 10.6 Å². The number of H-pyrrole nitrogens is 1. The third-order valence-corrected chi connectivity index (χ3v) is 4.92. The smallest absolute Gasteiger partial charge is 0.224 e. The number of benzene rings is 2. The summed E-state index contributed by atoms with van der Waals surface area (Å²) in [5, 5.41) is 13.7. The van der Waals surface area contributed by atoms with E-state index in [1.54, 1.807) is 0 Å². The molecular formula is C21H24ClN5O. The molecule has 3 N–H and O–H groups in total. The number of anilines is 1. The summed E-state index contributed by atoms with van der Waals surface area (Å²) in [6.45, 7) is 2.08. The van der Waals surface area contributed by atoms with Gasteiger partial charge in [0.05, 0.1) is 5.69 Å². The van der Waals surface area contributed by atoms with Gasteiger partial charge in [-0.15, -0.1) is 12.4 Å². The molecule has 0 spiro atoms. The monoisotopic (exact) mass is 397 g/mol. The van der Waals surface area contributed by atoms with E-state index in [-0.39, 0.29) is 18.3 Å². The summed E-state index contributed by atoms with van der Waals surface area (Å²) in [6, 6.07) is 17.5. The van der Waals surface area contributed by atoms with Crippen LogP contribution in [-0.2, 0) is 4.79 Å². The fourth-order valence-corrected chi connectivity index (χ4v) is 3.41. The van der Waals surface area contributed by atoms with E-state index in [2.05, 4.69) is 25.8 Å². The van der Waals surface area contributed by atoms with Crippen LogP contribution in [0.5, 0.6) is 0 Å². The quantitative estimate of drug-likeness (QED) is 0.589. The van der Waals surface area contributed by atoms with E-state index in [1.807, 2.05) is 54.6 Å². The number of hydrogen-bond donors (Lipinski definition) is 3. The van der Waals surface area contributed by atoms with Gasteiger partial charge in [0.15, 0.2) is 11.6 Å². The molecule has 7 heteroatoms. The summed E-state index contributed by atoms with van der Waals surface area (Å²) in [6.07, 6.45) is 2.61. The molecule has 28 heavy (non-hydrogen) atoms. The van der Waals surface area contributed by atoms with Crippen LogP contribution >= 0.6 is 12.4 Å². The topological polar surface area (TPSA) is 82.7 Å². The number of aromatic nitrogens is 3. The van der Waals surface area contributed by atoms with Gasteiger partial charge in [0.2, 0.25) is 5.91 Å². The van der Waals surface area contributed by atoms with Crippen LogP contribution in [0.15, 0.2) is 54.6 Å². The molecule has 0 aliphatic carbocycles. The van der Waals surface area contributed by atoms with E-state index >= 15 is 0 Å². The number of nitrogens with one attached hydrogen (secondary N) is 3. The van der Waals surface area contributed by atoms with E-state index < -0.39 is 0 Å². The van der Waals surface area contributed by atoms with E-state index in [1.165, 1.54) is 0 Å². The summed E-state index contributed by atoms with van der Waals surface area (Å²) in [5.74, 6) is 1.93. The average molecular weight is 398 g/mol. The van der Waals surface area contributed by atoms with Crippen molar-refractivity contribution in [2.45, 2.75) is 19.3 Å². The summed E-state index contributed by atoms with van der Waals surface area (Å²) in [5.41, 5.74) is 2.54. The molecule has 0 radical (unpaired) electrons. The van der Waals surface area contributed by atoms with Crippen molar-refractivity contribution in [3.8, 4) is 22.8 Å². The average Bonchev–Trinajstić information content (AvgIpc) is 3.40. The highest BCUT2D eigenvalue weighted by Gasteiger charge is 2.17. The van der Waals surface area contributed by atoms with Crippen molar-refractivity contribution < 1.29 is 4.79 Å². The molecule has 146 valence electrons. The van der Waals surface area contributed by atoms with Crippen LogP contribution in [0, 0.1) is 5.92 Å². The summed E-state index contributed by atoms with van der Waals surface area (Å²) in [7, 11) is 0. The fourth-order valence-electron chi connectivity index (χ4n) is 3.41. The standard InChI is InChI=1S/C21H23N5O.ClH/c27-19(11-10-15-12-13-22-14-15)23-18-9-5-4-8-17(18)21-24-20(25-26-21)16-6-2-1-3-7-16;/h1-9,15,22H,10-14H2,(H,23,27)(H,24,25,26);1H. The first-order valence-electron chi connectivity index (χ1n) is 9.37. The normalized spacial score (nSPS) is 15.8. The number of para-hydroxylation sites is 1. The molecule has 0 bridgehead atoms. The Labute approximate surface area is 170 Å². The van der Waals surface area contributed by atoms with Gasteiger partial charge in [0, 0.05) is 17.5 Å². The van der Waals surface area contributed by atoms with Crippen LogP contribution in [0.4, 0.5) is 5.69 Å². The molecule has 1 atom stereocenters. The highest BCUT2D eigenvalue weighted by atomic mass is 35.5. The maximum Gasteiger partial charge on any atom is 0.224 e. The molecule has 0 saturated carbocycles. The van der Waals surface area contributed by atoms with Crippen molar-refractivity contribution in [1.29, 1.82) is 0 Å². The van der Waals surface area contributed by atoms with Crippen molar-refractivity contribution in [2.24, 2.45) is 5.92 Å². The van der Waals surface area contributed by atoms with Gasteiger partial charge in [0.25, 0.3) is 0 Å². The molecule has 1 saturated heterocycles. The molecule has 2 heterocycles. The van der Waals surface area contributed by atoms with Crippen LogP contribution in [-0.4, -0.2) is 34.2 Å². The second-order valence-electron chi connectivity index (χ2n) is 6.86. The molecule has 4 rings (SSSR count). The highest BCUT2D eigenvalue weighted by Crippen LogP contribution is 2.27. The Balaban J connectivity index is 0.00000225. The van der Waals surface area contributed by atoms with Crippen molar-refractivity contribution >= 4 is 24.0 Å². The van der Waals surface area contributed by atoms with Gasteiger partial charge in [-0.05, 0) is 44.0 Å². The zero-order valence-corrected chi connectivity index (χ0v) is 16.3. The minimum absolute atomic E-state index is 0. The molecule has 1 unspecified atom stereocenters. The third-order valence-electron chi connectivity index (χ3n) is 4.92. The lowest BCUT2D eigenvalue weighted by atomic mass is 10.0. The van der Waals surface area contributed by atoms with E-state index in [9.17, 15) is 4.79 Å². The molecule has 1 amide bonds. The summed E-state index contributed by atoms with van der Waals surface area (Å²) in [4.78, 5) is 17.0. The minimum Gasteiger partial charge on any atom is -0.325 e. The Hall–Kier alpha value is -2.70. The zero-order chi connectivity index (χ0) is 18.5. The Morgan fingerprint density at radius 3 is 2.68 bits per heavy atom. The number of aromatic amines is 1. The number of rotatable bonds is 6. The Kier molecular flexibility index (Phi) is 6.79. The van der Waals surface area contributed by atoms with Gasteiger partial charge in [-0.25, -0.2) is 4.98 Å². The summed E-state index contributed by atoms with van der Waals surface area (Å²) >= 11 is 0.